The Labute approximate surface area is 193 Å². The summed E-state index contributed by atoms with van der Waals surface area (Å²) in [5.41, 5.74) is 3.06. The van der Waals surface area contributed by atoms with E-state index in [1.165, 1.54) is 5.56 Å². The van der Waals surface area contributed by atoms with Gasteiger partial charge in [0, 0.05) is 37.3 Å². The van der Waals surface area contributed by atoms with Gasteiger partial charge in [-0.05, 0) is 38.1 Å². The lowest BCUT2D eigenvalue weighted by molar-refractivity contribution is 0.254. The summed E-state index contributed by atoms with van der Waals surface area (Å²) in [6.07, 6.45) is 3.07. The number of pyridine rings is 1. The molecule has 0 saturated heterocycles. The number of fused-ring (bicyclic) bond motifs is 2. The fourth-order valence-corrected chi connectivity index (χ4v) is 3.48. The molecule has 4 rings (SSSR count). The summed E-state index contributed by atoms with van der Waals surface area (Å²) >= 11 is 0. The second-order valence-electron chi connectivity index (χ2n) is 6.96. The summed E-state index contributed by atoms with van der Waals surface area (Å²) in [7, 11) is 1.74. The number of hydrogen-bond donors (Lipinski definition) is 2. The molecule has 160 valence electrons. The predicted molar refractivity (Wildman–Crippen MR) is 127 cm³/mol. The Morgan fingerprint density at radius 3 is 2.90 bits per heavy atom. The molecular weight excluding hydrogens is 495 g/mol. The van der Waals surface area contributed by atoms with Crippen LogP contribution in [0.2, 0.25) is 0 Å². The number of nitrogens with zero attached hydrogens (tertiary/aromatic N) is 4. The largest absolute Gasteiger partial charge is 0.494 e. The topological polar surface area (TPSA) is 85.1 Å². The van der Waals surface area contributed by atoms with E-state index in [2.05, 4.69) is 44.9 Å². The first-order valence-corrected chi connectivity index (χ1v) is 9.86. The first kappa shape index (κ1) is 22.1. The summed E-state index contributed by atoms with van der Waals surface area (Å²) in [4.78, 5) is 4.31. The van der Waals surface area contributed by atoms with E-state index in [-0.39, 0.29) is 30.1 Å². The number of guanidine groups is 1. The molecule has 3 aromatic rings. The van der Waals surface area contributed by atoms with E-state index in [0.29, 0.717) is 25.7 Å². The molecule has 1 atom stereocenters. The molecule has 30 heavy (non-hydrogen) atoms. The SMILES string of the molecule is CCOc1cc2c(cc1CNC(=NC)NCc1nnc3ccccn13)OC(C)C2.I. The molecule has 2 N–H and O–H groups in total. The van der Waals surface area contributed by atoms with Gasteiger partial charge in [-0.25, -0.2) is 0 Å². The van der Waals surface area contributed by atoms with E-state index in [1.807, 2.05) is 35.7 Å². The number of ether oxygens (including phenoxy) is 2. The van der Waals surface area contributed by atoms with Gasteiger partial charge in [0.15, 0.2) is 17.4 Å². The maximum Gasteiger partial charge on any atom is 0.191 e. The van der Waals surface area contributed by atoms with Crippen molar-refractivity contribution in [3.63, 3.8) is 0 Å². The first-order chi connectivity index (χ1) is 14.2. The first-order valence-electron chi connectivity index (χ1n) is 9.86. The van der Waals surface area contributed by atoms with Gasteiger partial charge in [-0.3, -0.25) is 9.39 Å². The van der Waals surface area contributed by atoms with Crippen LogP contribution in [0.4, 0.5) is 0 Å². The molecule has 1 aliphatic rings. The maximum absolute atomic E-state index is 5.90. The smallest absolute Gasteiger partial charge is 0.191 e. The zero-order valence-corrected chi connectivity index (χ0v) is 19.7. The van der Waals surface area contributed by atoms with Crippen molar-refractivity contribution in [2.75, 3.05) is 13.7 Å². The fourth-order valence-electron chi connectivity index (χ4n) is 3.48. The van der Waals surface area contributed by atoms with Gasteiger partial charge < -0.3 is 20.1 Å². The van der Waals surface area contributed by atoms with Crippen LogP contribution in [0.15, 0.2) is 41.5 Å². The Morgan fingerprint density at radius 1 is 1.27 bits per heavy atom. The molecule has 0 fully saturated rings. The highest BCUT2D eigenvalue weighted by Gasteiger charge is 2.22. The second-order valence-corrected chi connectivity index (χ2v) is 6.96. The molecule has 1 aliphatic heterocycles. The van der Waals surface area contributed by atoms with E-state index in [9.17, 15) is 0 Å². The van der Waals surface area contributed by atoms with Crippen LogP contribution < -0.4 is 20.1 Å². The Balaban J connectivity index is 0.00000256. The lowest BCUT2D eigenvalue weighted by Crippen LogP contribution is -2.36. The van der Waals surface area contributed by atoms with E-state index in [1.54, 1.807) is 7.05 Å². The van der Waals surface area contributed by atoms with Gasteiger partial charge in [0.2, 0.25) is 0 Å². The lowest BCUT2D eigenvalue weighted by Gasteiger charge is -2.15. The van der Waals surface area contributed by atoms with E-state index < -0.39 is 0 Å². The standard InChI is InChI=1S/C21H26N6O2.HI/c1-4-28-17-10-15-9-14(2)29-18(15)11-16(17)12-23-21(22-3)24-13-20-26-25-19-7-5-6-8-27(19)20;/h5-8,10-11,14H,4,9,12-13H2,1-3H3,(H2,22,23,24);1H. The van der Waals surface area contributed by atoms with Crippen LogP contribution in [-0.2, 0) is 19.5 Å². The Kier molecular flexibility index (Phi) is 7.35. The molecule has 9 heteroatoms. The summed E-state index contributed by atoms with van der Waals surface area (Å²) in [6, 6.07) is 9.99. The summed E-state index contributed by atoms with van der Waals surface area (Å²) in [5.74, 6) is 3.32. The third kappa shape index (κ3) is 4.77. The average molecular weight is 522 g/mol. The number of rotatable bonds is 6. The molecule has 0 spiro atoms. The molecule has 0 amide bonds. The molecule has 0 aliphatic carbocycles. The average Bonchev–Trinajstić information content (AvgIpc) is 3.30. The van der Waals surface area contributed by atoms with Gasteiger partial charge in [0.1, 0.15) is 17.6 Å². The van der Waals surface area contributed by atoms with Crippen molar-refractivity contribution >= 4 is 35.6 Å². The zero-order valence-electron chi connectivity index (χ0n) is 17.4. The molecule has 0 radical (unpaired) electrons. The van der Waals surface area contributed by atoms with Crippen LogP contribution in [0.1, 0.15) is 30.8 Å². The number of halogens is 1. The third-order valence-corrected chi connectivity index (χ3v) is 4.85. The zero-order chi connectivity index (χ0) is 20.2. The normalized spacial score (nSPS) is 15.3. The van der Waals surface area contributed by atoms with E-state index >= 15 is 0 Å². The minimum atomic E-state index is 0. The number of benzene rings is 1. The minimum absolute atomic E-state index is 0. The van der Waals surface area contributed by atoms with Crippen LogP contribution in [0.3, 0.4) is 0 Å². The highest BCUT2D eigenvalue weighted by Crippen LogP contribution is 2.35. The van der Waals surface area contributed by atoms with E-state index in [4.69, 9.17) is 9.47 Å². The predicted octanol–water partition coefficient (Wildman–Crippen LogP) is 2.93. The van der Waals surface area contributed by atoms with Crippen LogP contribution in [-0.4, -0.2) is 40.3 Å². The second kappa shape index (κ2) is 9.96. The van der Waals surface area contributed by atoms with Gasteiger partial charge in [-0.2, -0.15) is 0 Å². The number of aromatic nitrogens is 3. The van der Waals surface area contributed by atoms with E-state index in [0.717, 1.165) is 35.0 Å². The highest BCUT2D eigenvalue weighted by molar-refractivity contribution is 14.0. The molecule has 0 saturated carbocycles. The van der Waals surface area contributed by atoms with Crippen molar-refractivity contribution in [2.24, 2.45) is 4.99 Å². The van der Waals surface area contributed by atoms with Gasteiger partial charge in [-0.15, -0.1) is 34.2 Å². The van der Waals surface area contributed by atoms with Gasteiger partial charge in [-0.1, -0.05) is 6.07 Å². The van der Waals surface area contributed by atoms with Gasteiger partial charge >= 0.3 is 0 Å². The number of hydrogen-bond acceptors (Lipinski definition) is 5. The van der Waals surface area contributed by atoms with Crippen molar-refractivity contribution in [3.05, 3.63) is 53.5 Å². The molecule has 8 nitrogen and oxygen atoms in total. The van der Waals surface area contributed by atoms with Crippen molar-refractivity contribution in [1.82, 2.24) is 25.2 Å². The summed E-state index contributed by atoms with van der Waals surface area (Å²) < 4.78 is 13.7. The minimum Gasteiger partial charge on any atom is -0.494 e. The Hall–Kier alpha value is -2.56. The highest BCUT2D eigenvalue weighted by atomic mass is 127. The summed E-state index contributed by atoms with van der Waals surface area (Å²) in [6.45, 7) is 5.77. The Bertz CT molecular complexity index is 1040. The fraction of sp³-hybridized carbons (Fsp3) is 0.381. The third-order valence-electron chi connectivity index (χ3n) is 4.85. The van der Waals surface area contributed by atoms with Crippen LogP contribution in [0.5, 0.6) is 11.5 Å². The molecule has 1 aromatic carbocycles. The van der Waals surface area contributed by atoms with Gasteiger partial charge in [0.05, 0.1) is 13.2 Å². The van der Waals surface area contributed by atoms with Crippen LogP contribution in [0.25, 0.3) is 5.65 Å². The van der Waals surface area contributed by atoms with Crippen molar-refractivity contribution in [1.29, 1.82) is 0 Å². The molecule has 0 bridgehead atoms. The number of aliphatic imine (C=N–C) groups is 1. The van der Waals surface area contributed by atoms with Crippen LogP contribution in [0, 0.1) is 0 Å². The van der Waals surface area contributed by atoms with Crippen LogP contribution >= 0.6 is 24.0 Å². The maximum atomic E-state index is 5.90. The molecule has 1 unspecified atom stereocenters. The molecular formula is C21H27IN6O2. The summed E-state index contributed by atoms with van der Waals surface area (Å²) in [5, 5.41) is 15.0. The Morgan fingerprint density at radius 2 is 2.10 bits per heavy atom. The van der Waals surface area contributed by atoms with Crippen molar-refractivity contribution in [3.8, 4) is 11.5 Å². The van der Waals surface area contributed by atoms with Crippen molar-refractivity contribution in [2.45, 2.75) is 39.5 Å². The molecule has 2 aromatic heterocycles. The monoisotopic (exact) mass is 522 g/mol. The van der Waals surface area contributed by atoms with Crippen molar-refractivity contribution < 1.29 is 9.47 Å². The molecule has 3 heterocycles. The quantitative estimate of drug-likeness (QED) is 0.294. The number of nitrogens with one attached hydrogen (secondary N) is 2. The lowest BCUT2D eigenvalue weighted by atomic mass is 10.1. The van der Waals surface area contributed by atoms with Gasteiger partial charge in [0.25, 0.3) is 0 Å².